The van der Waals surface area contributed by atoms with Crippen LogP contribution in [0.15, 0.2) is 109 Å². The molecule has 15 heteroatoms. The summed E-state index contributed by atoms with van der Waals surface area (Å²) >= 11 is 0. The van der Waals surface area contributed by atoms with Gasteiger partial charge in [-0.15, -0.1) is 0 Å². The van der Waals surface area contributed by atoms with Gasteiger partial charge < -0.3 is 29.5 Å². The van der Waals surface area contributed by atoms with E-state index in [-0.39, 0.29) is 34.3 Å². The summed E-state index contributed by atoms with van der Waals surface area (Å²) in [5, 5.41) is 29.2. The number of hydrogen-bond donors (Lipinski definition) is 3. The summed E-state index contributed by atoms with van der Waals surface area (Å²) in [6.45, 7) is 4.48. The standard InChI is InChI=1S/C54H48N6O9/c1-67-52(64)49-31-40(7-4-37-10-16-46(61)17-11-37)28-43(55-49)34-58-22-24-59(35-44-29-41(32-50(56-44)53(65)68-2)8-5-38-12-18-47(62)19-13-38)26-27-60(25-23-58)36-45-30-42(33-51(57-45)54(66)69-3)9-6-39-14-20-48(63)21-15-39/h10-21,28-33,61-63H,22-27,34-36H2,1-3H3. The molecule has 1 fully saturated rings. The number of carbonyl (C=O) groups excluding carboxylic acids is 3. The topological polar surface area (TPSA) is 188 Å². The zero-order valence-electron chi connectivity index (χ0n) is 38.2. The van der Waals surface area contributed by atoms with Gasteiger partial charge in [0.05, 0.1) is 38.4 Å². The molecule has 1 aliphatic rings. The molecule has 0 aliphatic carbocycles. The fraction of sp³-hybridized carbons (Fsp3) is 0.222. The second-order valence-electron chi connectivity index (χ2n) is 15.9. The van der Waals surface area contributed by atoms with Crippen LogP contribution in [0.3, 0.4) is 0 Å². The number of hydrogen-bond acceptors (Lipinski definition) is 15. The summed E-state index contributed by atoms with van der Waals surface area (Å²) in [6, 6.07) is 29.8. The maximum Gasteiger partial charge on any atom is 0.356 e. The molecule has 0 bridgehead atoms. The number of ether oxygens (including phenoxy) is 3. The average molecular weight is 925 g/mol. The molecule has 69 heavy (non-hydrogen) atoms. The van der Waals surface area contributed by atoms with Crippen LogP contribution in [0, 0.1) is 35.5 Å². The first-order valence-corrected chi connectivity index (χ1v) is 21.8. The summed E-state index contributed by atoms with van der Waals surface area (Å²) in [7, 11) is 3.89. The highest BCUT2D eigenvalue weighted by atomic mass is 16.5. The predicted molar refractivity (Wildman–Crippen MR) is 255 cm³/mol. The summed E-state index contributed by atoms with van der Waals surface area (Å²) in [4.78, 5) is 59.4. The molecule has 7 rings (SSSR count). The zero-order chi connectivity index (χ0) is 48.7. The van der Waals surface area contributed by atoms with Crippen molar-refractivity contribution in [1.29, 1.82) is 0 Å². The molecule has 0 spiro atoms. The highest BCUT2D eigenvalue weighted by Crippen LogP contribution is 2.18. The van der Waals surface area contributed by atoms with Crippen LogP contribution in [-0.4, -0.2) is 123 Å². The third-order valence-corrected chi connectivity index (χ3v) is 10.8. The van der Waals surface area contributed by atoms with Gasteiger partial charge in [-0.05, 0) is 109 Å². The molecule has 1 aliphatic heterocycles. The van der Waals surface area contributed by atoms with Gasteiger partial charge in [-0.3, -0.25) is 14.7 Å². The lowest BCUT2D eigenvalue weighted by atomic mass is 10.1. The largest absolute Gasteiger partial charge is 0.508 e. The Labute approximate surface area is 400 Å². The minimum atomic E-state index is -0.603. The Morgan fingerprint density at radius 2 is 0.638 bits per heavy atom. The van der Waals surface area contributed by atoms with E-state index in [1.165, 1.54) is 21.3 Å². The first-order valence-electron chi connectivity index (χ1n) is 21.8. The highest BCUT2D eigenvalue weighted by Gasteiger charge is 2.22. The third-order valence-electron chi connectivity index (χ3n) is 10.8. The average Bonchev–Trinajstić information content (AvgIpc) is 3.45. The molecule has 348 valence electrons. The second-order valence-corrected chi connectivity index (χ2v) is 15.9. The van der Waals surface area contributed by atoms with E-state index in [2.05, 4.69) is 65.2 Å². The van der Waals surface area contributed by atoms with Crippen LogP contribution >= 0.6 is 0 Å². The number of benzene rings is 3. The molecule has 0 saturated carbocycles. The maximum absolute atomic E-state index is 12.9. The number of aromatic nitrogens is 3. The third kappa shape index (κ3) is 14.2. The van der Waals surface area contributed by atoms with E-state index in [4.69, 9.17) is 14.2 Å². The molecular formula is C54H48N6O9. The predicted octanol–water partition coefficient (Wildman–Crippen LogP) is 5.37. The van der Waals surface area contributed by atoms with Crippen molar-refractivity contribution in [2.45, 2.75) is 19.6 Å². The van der Waals surface area contributed by atoms with Crippen molar-refractivity contribution >= 4 is 17.9 Å². The number of pyridine rings is 3. The lowest BCUT2D eigenvalue weighted by Crippen LogP contribution is -2.36. The molecule has 0 amide bonds. The van der Waals surface area contributed by atoms with Crippen LogP contribution in [0.4, 0.5) is 0 Å². The van der Waals surface area contributed by atoms with Gasteiger partial charge in [0.1, 0.15) is 34.3 Å². The molecule has 0 radical (unpaired) electrons. The van der Waals surface area contributed by atoms with Crippen molar-refractivity contribution in [3.05, 3.63) is 177 Å². The SMILES string of the molecule is COC(=O)c1cc(C#Cc2ccc(O)cc2)cc(CN2CCN(Cc3cc(C#Cc4ccc(O)cc4)cc(C(=O)OC)n3)CCN(Cc3cc(C#Cc4ccc(O)cc4)cc(C(=O)OC)n3)CC2)n1. The first kappa shape index (κ1) is 48.4. The molecule has 4 heterocycles. The van der Waals surface area contributed by atoms with Crippen molar-refractivity contribution in [2.24, 2.45) is 0 Å². The number of nitrogens with zero attached hydrogens (tertiary/aromatic N) is 6. The Balaban J connectivity index is 1.21. The first-order chi connectivity index (χ1) is 33.4. The number of carbonyl (C=O) groups is 3. The van der Waals surface area contributed by atoms with Crippen LogP contribution in [0.5, 0.6) is 17.2 Å². The smallest absolute Gasteiger partial charge is 0.356 e. The van der Waals surface area contributed by atoms with Crippen molar-refractivity contribution in [2.75, 3.05) is 60.6 Å². The molecule has 1 saturated heterocycles. The molecule has 3 aromatic heterocycles. The van der Waals surface area contributed by atoms with E-state index in [1.807, 2.05) is 18.2 Å². The number of phenolic OH excluding ortho intramolecular Hbond substituents is 3. The molecular weight excluding hydrogens is 877 g/mol. The van der Waals surface area contributed by atoms with Gasteiger partial charge in [-0.2, -0.15) is 0 Å². The number of aromatic hydroxyl groups is 3. The normalized spacial score (nSPS) is 13.1. The van der Waals surface area contributed by atoms with E-state index in [9.17, 15) is 29.7 Å². The minimum absolute atomic E-state index is 0.110. The molecule has 0 unspecified atom stereocenters. The van der Waals surface area contributed by atoms with Crippen molar-refractivity contribution in [3.63, 3.8) is 0 Å². The van der Waals surface area contributed by atoms with Gasteiger partial charge in [0, 0.05) is 92.3 Å². The highest BCUT2D eigenvalue weighted by molar-refractivity contribution is 5.88. The molecule has 0 atom stereocenters. The zero-order valence-corrected chi connectivity index (χ0v) is 38.2. The number of methoxy groups -OCH3 is 3. The molecule has 3 N–H and O–H groups in total. The van der Waals surface area contributed by atoms with Gasteiger partial charge in [-0.1, -0.05) is 35.5 Å². The summed E-state index contributed by atoms with van der Waals surface area (Å²) < 4.78 is 15.2. The summed E-state index contributed by atoms with van der Waals surface area (Å²) in [5.41, 5.74) is 5.83. The van der Waals surface area contributed by atoms with Crippen LogP contribution in [0.1, 0.15) is 81.9 Å². The quantitative estimate of drug-likeness (QED) is 0.0954. The number of esters is 3. The Morgan fingerprint density at radius 3 is 0.870 bits per heavy atom. The van der Waals surface area contributed by atoms with Crippen LogP contribution in [0.25, 0.3) is 0 Å². The van der Waals surface area contributed by atoms with Gasteiger partial charge in [0.25, 0.3) is 0 Å². The van der Waals surface area contributed by atoms with Crippen LogP contribution < -0.4 is 0 Å². The monoisotopic (exact) mass is 924 g/mol. The number of phenols is 3. The van der Waals surface area contributed by atoms with Crippen molar-refractivity contribution < 1.29 is 43.9 Å². The fourth-order valence-electron chi connectivity index (χ4n) is 7.26. The van der Waals surface area contributed by atoms with Crippen molar-refractivity contribution in [3.8, 4) is 52.8 Å². The fourth-order valence-corrected chi connectivity index (χ4v) is 7.26. The summed E-state index contributed by atoms with van der Waals surface area (Å²) in [5.74, 6) is 17.2. The van der Waals surface area contributed by atoms with Gasteiger partial charge in [0.2, 0.25) is 0 Å². The van der Waals surface area contributed by atoms with Crippen LogP contribution in [0.2, 0.25) is 0 Å². The molecule has 3 aromatic carbocycles. The summed E-state index contributed by atoms with van der Waals surface area (Å²) in [6.07, 6.45) is 0. The Kier molecular flexibility index (Phi) is 16.3. The lowest BCUT2D eigenvalue weighted by molar-refractivity contribution is 0.0584. The van der Waals surface area contributed by atoms with E-state index in [0.29, 0.717) is 109 Å². The Bertz CT molecular complexity index is 2680. The second kappa shape index (κ2) is 23.3. The van der Waals surface area contributed by atoms with E-state index in [1.54, 1.807) is 91.0 Å². The molecule has 15 nitrogen and oxygen atoms in total. The Morgan fingerprint density at radius 1 is 0.406 bits per heavy atom. The van der Waals surface area contributed by atoms with Gasteiger partial charge in [0.15, 0.2) is 0 Å². The lowest BCUT2D eigenvalue weighted by Gasteiger charge is -2.25. The van der Waals surface area contributed by atoms with Gasteiger partial charge in [-0.25, -0.2) is 29.3 Å². The number of rotatable bonds is 9. The van der Waals surface area contributed by atoms with E-state index >= 15 is 0 Å². The van der Waals surface area contributed by atoms with Gasteiger partial charge >= 0.3 is 17.9 Å². The van der Waals surface area contributed by atoms with E-state index in [0.717, 1.165) is 0 Å². The molecule has 6 aromatic rings. The van der Waals surface area contributed by atoms with Crippen molar-refractivity contribution in [1.82, 2.24) is 29.7 Å². The maximum atomic E-state index is 12.9. The van der Waals surface area contributed by atoms with E-state index < -0.39 is 17.9 Å². The Hall–Kier alpha value is -8.52. The van der Waals surface area contributed by atoms with Crippen LogP contribution in [-0.2, 0) is 33.8 Å². The minimum Gasteiger partial charge on any atom is -0.508 e.